The van der Waals surface area contributed by atoms with E-state index in [1.54, 1.807) is 24.3 Å². The molecule has 5 rings (SSSR count). The number of carbonyl (C=O) groups is 1. The van der Waals surface area contributed by atoms with Gasteiger partial charge in [0.25, 0.3) is 0 Å². The van der Waals surface area contributed by atoms with Crippen LogP contribution in [0.15, 0.2) is 29.2 Å². The van der Waals surface area contributed by atoms with Gasteiger partial charge in [-0.25, -0.2) is 13.2 Å². The molecule has 4 fully saturated rings. The van der Waals surface area contributed by atoms with Crippen LogP contribution in [-0.4, -0.2) is 68.7 Å². The number of carbonyl (C=O) groups excluding carboxylic acids is 1. The summed E-state index contributed by atoms with van der Waals surface area (Å²) in [5, 5.41) is 13.0. The standard InChI is InChI=1S/C25H36N2O7S/c1-16(2)14-27(35(30,31)20-6-4-19(5-7-20)25(29)8-9-25)11-3-10-26-24(28)34-22-18-12-17-13-21(22)33-23(17)32-15-18/h4-7,16-18,21-23,29H,3,8-15H2,1-2H3,(H,26,28). The van der Waals surface area contributed by atoms with Crippen molar-refractivity contribution >= 4 is 16.1 Å². The fourth-order valence-electron chi connectivity index (χ4n) is 5.54. The summed E-state index contributed by atoms with van der Waals surface area (Å²) in [6, 6.07) is 6.54. The monoisotopic (exact) mass is 508 g/mol. The van der Waals surface area contributed by atoms with E-state index in [-0.39, 0.29) is 41.8 Å². The SMILES string of the molecule is CC(C)CN(CCCNC(=O)OC1C2COC3OC1CC3C2)S(=O)(=O)c1ccc(C2(O)CC2)cc1. The van der Waals surface area contributed by atoms with Gasteiger partial charge in [0.2, 0.25) is 10.0 Å². The van der Waals surface area contributed by atoms with E-state index < -0.39 is 21.7 Å². The van der Waals surface area contributed by atoms with Gasteiger partial charge in [-0.15, -0.1) is 0 Å². The van der Waals surface area contributed by atoms with Gasteiger partial charge in [-0.2, -0.15) is 4.31 Å². The highest BCUT2D eigenvalue weighted by Gasteiger charge is 2.53. The molecule has 1 aromatic carbocycles. The molecule has 10 heteroatoms. The number of hydrogen-bond donors (Lipinski definition) is 2. The number of amides is 1. The summed E-state index contributed by atoms with van der Waals surface area (Å²) in [4.78, 5) is 12.6. The first kappa shape index (κ1) is 25.0. The van der Waals surface area contributed by atoms with Crippen molar-refractivity contribution in [1.29, 1.82) is 0 Å². The highest BCUT2D eigenvalue weighted by molar-refractivity contribution is 7.89. The Morgan fingerprint density at radius 2 is 1.97 bits per heavy atom. The van der Waals surface area contributed by atoms with Crippen LogP contribution in [0.2, 0.25) is 0 Å². The number of sulfonamides is 1. The third-order valence-corrected chi connectivity index (χ3v) is 9.44. The van der Waals surface area contributed by atoms with Crippen LogP contribution in [0.1, 0.15) is 51.5 Å². The van der Waals surface area contributed by atoms with Crippen LogP contribution >= 0.6 is 0 Å². The molecule has 0 spiro atoms. The van der Waals surface area contributed by atoms with Crippen LogP contribution in [0.5, 0.6) is 0 Å². The van der Waals surface area contributed by atoms with Gasteiger partial charge in [0, 0.05) is 31.5 Å². The molecular weight excluding hydrogens is 472 g/mol. The molecule has 5 unspecified atom stereocenters. The van der Waals surface area contributed by atoms with Crippen molar-refractivity contribution in [3.8, 4) is 0 Å². The van der Waals surface area contributed by atoms with Crippen molar-refractivity contribution in [2.24, 2.45) is 17.8 Å². The second kappa shape index (κ2) is 9.63. The van der Waals surface area contributed by atoms with Gasteiger partial charge in [-0.3, -0.25) is 0 Å². The Bertz CT molecular complexity index is 1020. The third kappa shape index (κ3) is 5.22. The molecule has 5 atom stereocenters. The maximum absolute atomic E-state index is 13.3. The first-order valence-electron chi connectivity index (χ1n) is 12.7. The van der Waals surface area contributed by atoms with Crippen molar-refractivity contribution < 1.29 is 32.5 Å². The summed E-state index contributed by atoms with van der Waals surface area (Å²) in [5.74, 6) is 0.723. The Hall–Kier alpha value is -1.72. The van der Waals surface area contributed by atoms with Gasteiger partial charge in [0.1, 0.15) is 6.10 Å². The van der Waals surface area contributed by atoms with E-state index in [1.165, 1.54) is 4.31 Å². The molecule has 1 aromatic rings. The Kier molecular flexibility index (Phi) is 6.86. The average molecular weight is 509 g/mol. The fourth-order valence-corrected chi connectivity index (χ4v) is 7.19. The van der Waals surface area contributed by atoms with E-state index >= 15 is 0 Å². The second-order valence-corrected chi connectivity index (χ2v) is 12.8. The lowest BCUT2D eigenvalue weighted by atomic mass is 9.78. The number of hydrogen-bond acceptors (Lipinski definition) is 7. The van der Waals surface area contributed by atoms with Crippen molar-refractivity contribution in [2.75, 3.05) is 26.2 Å². The number of alkyl carbamates (subject to hydrolysis) is 1. The zero-order valence-electron chi connectivity index (χ0n) is 20.4. The average Bonchev–Trinajstić information content (AvgIpc) is 3.50. The number of aliphatic hydroxyl groups is 1. The number of rotatable bonds is 10. The Balaban J connectivity index is 1.13. The van der Waals surface area contributed by atoms with Crippen LogP contribution in [0.25, 0.3) is 0 Å². The minimum atomic E-state index is -3.70. The van der Waals surface area contributed by atoms with E-state index in [1.807, 2.05) is 13.8 Å². The van der Waals surface area contributed by atoms with E-state index in [0.717, 1.165) is 18.4 Å². The van der Waals surface area contributed by atoms with Crippen LogP contribution < -0.4 is 5.32 Å². The van der Waals surface area contributed by atoms with E-state index in [9.17, 15) is 18.3 Å². The fraction of sp³-hybridized carbons (Fsp3) is 0.720. The molecule has 9 nitrogen and oxygen atoms in total. The molecule has 3 bridgehead atoms. The summed E-state index contributed by atoms with van der Waals surface area (Å²) >= 11 is 0. The smallest absolute Gasteiger partial charge is 0.407 e. The summed E-state index contributed by atoms with van der Waals surface area (Å²) in [6.45, 7) is 5.46. The molecule has 2 N–H and O–H groups in total. The Morgan fingerprint density at radius 1 is 1.23 bits per heavy atom. The summed E-state index contributed by atoms with van der Waals surface area (Å²) < 4.78 is 45.4. The van der Waals surface area contributed by atoms with Crippen LogP contribution in [0.3, 0.4) is 0 Å². The van der Waals surface area contributed by atoms with Gasteiger partial charge in [0.15, 0.2) is 6.29 Å². The molecular formula is C25H36N2O7S. The predicted molar refractivity (Wildman–Crippen MR) is 127 cm³/mol. The maximum atomic E-state index is 13.3. The van der Waals surface area contributed by atoms with Crippen molar-refractivity contribution in [2.45, 2.75) is 74.9 Å². The van der Waals surface area contributed by atoms with Crippen molar-refractivity contribution in [3.63, 3.8) is 0 Å². The number of ether oxygens (including phenoxy) is 3. The quantitative estimate of drug-likeness (QED) is 0.467. The molecule has 0 radical (unpaired) electrons. The minimum absolute atomic E-state index is 0.101. The molecule has 2 saturated carbocycles. The largest absolute Gasteiger partial charge is 0.443 e. The topological polar surface area (TPSA) is 114 Å². The van der Waals surface area contributed by atoms with E-state index in [4.69, 9.17) is 14.2 Å². The first-order chi connectivity index (χ1) is 16.7. The highest BCUT2D eigenvalue weighted by atomic mass is 32.2. The van der Waals surface area contributed by atoms with E-state index in [2.05, 4.69) is 5.32 Å². The minimum Gasteiger partial charge on any atom is -0.443 e. The molecule has 1 amide bonds. The number of nitrogens with one attached hydrogen (secondary N) is 1. The maximum Gasteiger partial charge on any atom is 0.407 e. The highest BCUT2D eigenvalue weighted by Crippen LogP contribution is 2.47. The molecule has 0 aromatic heterocycles. The number of nitrogens with zero attached hydrogens (tertiary/aromatic N) is 1. The predicted octanol–water partition coefficient (Wildman–Crippen LogP) is 2.58. The molecule has 35 heavy (non-hydrogen) atoms. The molecule has 2 heterocycles. The normalized spacial score (nSPS) is 30.6. The Labute approximate surface area is 207 Å². The molecule has 2 aliphatic heterocycles. The Morgan fingerprint density at radius 3 is 2.66 bits per heavy atom. The summed E-state index contributed by atoms with van der Waals surface area (Å²) in [6.07, 6.45) is 2.64. The van der Waals surface area contributed by atoms with Gasteiger partial charge >= 0.3 is 6.09 Å². The summed E-state index contributed by atoms with van der Waals surface area (Å²) in [5.41, 5.74) is -0.0404. The van der Waals surface area contributed by atoms with Crippen LogP contribution in [0.4, 0.5) is 4.79 Å². The van der Waals surface area contributed by atoms with Crippen LogP contribution in [-0.2, 0) is 29.8 Å². The van der Waals surface area contributed by atoms with Crippen molar-refractivity contribution in [1.82, 2.24) is 9.62 Å². The zero-order chi connectivity index (χ0) is 24.8. The molecule has 194 valence electrons. The number of fused-ring (bicyclic) bond motifs is 2. The van der Waals surface area contributed by atoms with E-state index in [0.29, 0.717) is 44.9 Å². The molecule has 2 saturated heterocycles. The number of benzene rings is 1. The van der Waals surface area contributed by atoms with Gasteiger partial charge < -0.3 is 24.6 Å². The van der Waals surface area contributed by atoms with Crippen molar-refractivity contribution in [3.05, 3.63) is 29.8 Å². The third-order valence-electron chi connectivity index (χ3n) is 7.56. The lowest BCUT2D eigenvalue weighted by Crippen LogP contribution is -2.46. The van der Waals surface area contributed by atoms with Gasteiger partial charge in [-0.05, 0) is 55.7 Å². The first-order valence-corrected chi connectivity index (χ1v) is 14.1. The molecule has 4 aliphatic rings. The van der Waals surface area contributed by atoms with Crippen LogP contribution in [0, 0.1) is 17.8 Å². The zero-order valence-corrected chi connectivity index (χ0v) is 21.2. The molecule has 2 aliphatic carbocycles. The van der Waals surface area contributed by atoms with Gasteiger partial charge in [0.05, 0.1) is 23.2 Å². The lowest BCUT2D eigenvalue weighted by Gasteiger charge is -2.36. The second-order valence-electron chi connectivity index (χ2n) is 10.8. The van der Waals surface area contributed by atoms with Gasteiger partial charge in [-0.1, -0.05) is 26.0 Å². The lowest BCUT2D eigenvalue weighted by molar-refractivity contribution is -0.153. The summed E-state index contributed by atoms with van der Waals surface area (Å²) in [7, 11) is -3.70.